The van der Waals surface area contributed by atoms with Gasteiger partial charge in [0.1, 0.15) is 17.4 Å². The van der Waals surface area contributed by atoms with Gasteiger partial charge in [0, 0.05) is 19.9 Å². The van der Waals surface area contributed by atoms with Crippen molar-refractivity contribution in [2.24, 2.45) is 7.05 Å². The van der Waals surface area contributed by atoms with Crippen LogP contribution in [0.1, 0.15) is 28.8 Å². The Morgan fingerprint density at radius 2 is 2.00 bits per heavy atom. The van der Waals surface area contributed by atoms with Crippen LogP contribution in [0.2, 0.25) is 5.28 Å². The number of anilines is 1. The molecule has 0 aromatic carbocycles. The predicted octanol–water partition coefficient (Wildman–Crippen LogP) is 0.287. The van der Waals surface area contributed by atoms with Crippen molar-refractivity contribution in [1.82, 2.24) is 29.3 Å². The maximum Gasteiger partial charge on any atom is 0.354 e. The van der Waals surface area contributed by atoms with Crippen molar-refractivity contribution in [3.05, 3.63) is 29.1 Å². The molecule has 0 aliphatic carbocycles. The molecule has 4 rings (SSSR count). The summed E-state index contributed by atoms with van der Waals surface area (Å²) in [6.07, 6.45) is -3.76. The highest BCUT2D eigenvalue weighted by Gasteiger charge is 2.50. The molecule has 0 saturated carbocycles. The molecule has 4 heterocycles. The second-order valence-corrected chi connectivity index (χ2v) is 8.32. The highest BCUT2D eigenvalue weighted by atomic mass is 35.5. The Hall–Kier alpha value is -3.89. The Morgan fingerprint density at radius 1 is 1.31 bits per heavy atom. The third-order valence-corrected chi connectivity index (χ3v) is 5.78. The minimum atomic E-state index is -2.84. The number of hydrogen-bond donors (Lipinski definition) is 4. The zero-order valence-corrected chi connectivity index (χ0v) is 19.2. The van der Waals surface area contributed by atoms with E-state index in [9.17, 15) is 29.0 Å². The average Bonchev–Trinajstić information content (AvgIpc) is 3.47. The maximum absolute atomic E-state index is 14.9. The first-order valence-electron chi connectivity index (χ1n) is 10.2. The number of carbonyl (C=O) groups is 3. The van der Waals surface area contributed by atoms with Gasteiger partial charge in [-0.3, -0.25) is 9.25 Å². The largest absolute Gasteiger partial charge is 0.479 e. The van der Waals surface area contributed by atoms with Crippen LogP contribution in [0.3, 0.4) is 0 Å². The number of halogens is 2. The number of aliphatic carboxylic acids is 2. The number of nitrogen functional groups attached to an aromatic ring is 1. The van der Waals surface area contributed by atoms with E-state index in [2.05, 4.69) is 20.1 Å². The number of nitrogens with zero attached hydrogens (tertiary/aromatic N) is 6. The van der Waals surface area contributed by atoms with Gasteiger partial charge < -0.3 is 30.5 Å². The monoisotopic (exact) mass is 527 g/mol. The third-order valence-electron chi connectivity index (χ3n) is 5.61. The van der Waals surface area contributed by atoms with E-state index in [4.69, 9.17) is 31.9 Å². The summed E-state index contributed by atoms with van der Waals surface area (Å²) in [6.45, 7) is -0.612. The molecular formula is C19H19ClFN7O8. The first-order valence-corrected chi connectivity index (χ1v) is 10.6. The minimum Gasteiger partial charge on any atom is -0.479 e. The molecular weight excluding hydrogens is 509 g/mol. The molecule has 3 unspecified atom stereocenters. The van der Waals surface area contributed by atoms with Gasteiger partial charge >= 0.3 is 17.9 Å². The number of alkyl halides is 1. The topological polar surface area (TPSA) is 218 Å². The predicted molar refractivity (Wildman–Crippen MR) is 116 cm³/mol. The molecule has 0 radical (unpaired) electrons. The van der Waals surface area contributed by atoms with Gasteiger partial charge in [-0.2, -0.15) is 15.1 Å². The number of carboxylic acids is 3. The lowest BCUT2D eigenvalue weighted by Crippen LogP contribution is -2.52. The molecule has 3 aromatic heterocycles. The molecule has 0 bridgehead atoms. The Kier molecular flexibility index (Phi) is 6.50. The number of aryl methyl sites for hydroxylation is 1. The summed E-state index contributed by atoms with van der Waals surface area (Å²) in [7, 11) is 1.30. The summed E-state index contributed by atoms with van der Waals surface area (Å²) >= 11 is 5.83. The molecule has 3 atom stereocenters. The Bertz CT molecular complexity index is 1350. The van der Waals surface area contributed by atoms with Crippen molar-refractivity contribution in [2.45, 2.75) is 36.9 Å². The highest BCUT2D eigenvalue weighted by molar-refractivity contribution is 6.28. The van der Waals surface area contributed by atoms with Crippen LogP contribution in [-0.4, -0.2) is 87.0 Å². The molecule has 1 aliphatic heterocycles. The van der Waals surface area contributed by atoms with Gasteiger partial charge in [0.2, 0.25) is 5.28 Å². The molecule has 17 heteroatoms. The lowest BCUT2D eigenvalue weighted by molar-refractivity contribution is -0.188. The summed E-state index contributed by atoms with van der Waals surface area (Å²) < 4.78 is 28.1. The fourth-order valence-corrected chi connectivity index (χ4v) is 4.04. The third kappa shape index (κ3) is 4.40. The Morgan fingerprint density at radius 3 is 2.61 bits per heavy atom. The summed E-state index contributed by atoms with van der Waals surface area (Å²) in [6, 6.07) is 1.04. The van der Waals surface area contributed by atoms with E-state index < -0.39 is 55.0 Å². The first kappa shape index (κ1) is 25.2. The molecule has 3 aromatic rings. The van der Waals surface area contributed by atoms with Gasteiger partial charge in [0.05, 0.1) is 24.7 Å². The van der Waals surface area contributed by atoms with Crippen molar-refractivity contribution in [3.8, 4) is 0 Å². The molecule has 36 heavy (non-hydrogen) atoms. The van der Waals surface area contributed by atoms with Crippen LogP contribution in [0.4, 0.5) is 10.2 Å². The molecule has 0 spiro atoms. The van der Waals surface area contributed by atoms with Crippen LogP contribution < -0.4 is 5.73 Å². The van der Waals surface area contributed by atoms with Crippen molar-refractivity contribution in [1.29, 1.82) is 0 Å². The molecule has 1 saturated heterocycles. The van der Waals surface area contributed by atoms with E-state index >= 15 is 0 Å². The molecule has 1 aliphatic rings. The number of aromatic nitrogens is 6. The van der Waals surface area contributed by atoms with Gasteiger partial charge in [0.25, 0.3) is 5.60 Å². The minimum absolute atomic E-state index is 0.0229. The normalized spacial score (nSPS) is 20.1. The SMILES string of the molecule is Cn1nc(CC(OCC2CC(F)C(n3cnc4c(N)nc(Cl)nc43)O2)(C(=O)O)C(=O)O)cc1C(=O)O. The zero-order valence-electron chi connectivity index (χ0n) is 18.4. The Labute approximate surface area is 205 Å². The van der Waals surface area contributed by atoms with Gasteiger partial charge in [-0.1, -0.05) is 0 Å². The van der Waals surface area contributed by atoms with Crippen molar-refractivity contribution >= 4 is 46.5 Å². The summed E-state index contributed by atoms with van der Waals surface area (Å²) in [5.74, 6) is -5.07. The van der Waals surface area contributed by atoms with Gasteiger partial charge in [0.15, 0.2) is 17.7 Å². The van der Waals surface area contributed by atoms with E-state index in [0.717, 1.165) is 10.7 Å². The van der Waals surface area contributed by atoms with Crippen LogP contribution in [-0.2, 0) is 32.5 Å². The van der Waals surface area contributed by atoms with Crippen LogP contribution >= 0.6 is 11.6 Å². The number of imidazole rings is 1. The number of rotatable bonds is 9. The van der Waals surface area contributed by atoms with Crippen LogP contribution in [0.25, 0.3) is 11.2 Å². The summed E-state index contributed by atoms with van der Waals surface area (Å²) in [5.41, 5.74) is 2.77. The van der Waals surface area contributed by atoms with E-state index in [0.29, 0.717) is 0 Å². The maximum atomic E-state index is 14.9. The first-order chi connectivity index (χ1) is 16.9. The van der Waals surface area contributed by atoms with Gasteiger partial charge in [-0.25, -0.2) is 23.8 Å². The van der Waals surface area contributed by atoms with E-state index in [1.54, 1.807) is 0 Å². The second kappa shape index (κ2) is 9.29. The van der Waals surface area contributed by atoms with E-state index in [1.807, 2.05) is 0 Å². The van der Waals surface area contributed by atoms with Crippen molar-refractivity contribution in [2.75, 3.05) is 12.3 Å². The molecule has 5 N–H and O–H groups in total. The lowest BCUT2D eigenvalue weighted by Gasteiger charge is -2.26. The molecule has 1 fully saturated rings. The number of fused-ring (bicyclic) bond motifs is 1. The highest BCUT2D eigenvalue weighted by Crippen LogP contribution is 2.35. The van der Waals surface area contributed by atoms with E-state index in [1.165, 1.54) is 17.9 Å². The van der Waals surface area contributed by atoms with Crippen LogP contribution in [0, 0.1) is 0 Å². The molecule has 0 amide bonds. The second-order valence-electron chi connectivity index (χ2n) is 7.98. The summed E-state index contributed by atoms with van der Waals surface area (Å²) in [5, 5.41) is 32.3. The smallest absolute Gasteiger partial charge is 0.354 e. The molecule has 15 nitrogen and oxygen atoms in total. The van der Waals surface area contributed by atoms with E-state index in [-0.39, 0.29) is 40.1 Å². The van der Waals surface area contributed by atoms with Crippen molar-refractivity contribution < 1.29 is 43.6 Å². The fourth-order valence-electron chi connectivity index (χ4n) is 3.87. The zero-order chi connectivity index (χ0) is 26.4. The standard InChI is InChI=1S/C19H19ClFN7O8/c1-27-10(15(29)30)2-7(26-27)4-19(16(31)32,17(33)34)35-5-8-3-9(21)14(36-8)28-6-23-11-12(22)24-18(20)25-13(11)28/h2,6,8-9,14H,3-5H2,1H3,(H,29,30)(H,31,32)(H,33,34)(H2,22,24,25). The average molecular weight is 528 g/mol. The fraction of sp³-hybridized carbons (Fsp3) is 0.421. The van der Waals surface area contributed by atoms with Gasteiger partial charge in [-0.15, -0.1) is 0 Å². The van der Waals surface area contributed by atoms with Crippen LogP contribution in [0.15, 0.2) is 12.4 Å². The van der Waals surface area contributed by atoms with Crippen LogP contribution in [0.5, 0.6) is 0 Å². The lowest BCUT2D eigenvalue weighted by atomic mass is 9.97. The van der Waals surface area contributed by atoms with Gasteiger partial charge in [-0.05, 0) is 17.7 Å². The quantitative estimate of drug-likeness (QED) is 0.217. The number of carboxylic acid groups (broad SMARTS) is 3. The molecule has 192 valence electrons. The van der Waals surface area contributed by atoms with Crippen molar-refractivity contribution in [3.63, 3.8) is 0 Å². The number of aromatic carboxylic acids is 1. The summed E-state index contributed by atoms with van der Waals surface area (Å²) in [4.78, 5) is 47.0. The number of nitrogens with two attached hydrogens (primary N) is 1. The Balaban J connectivity index is 1.54. The number of hydrogen-bond acceptors (Lipinski definition) is 10. The number of ether oxygens (including phenoxy) is 2.